The van der Waals surface area contributed by atoms with E-state index < -0.39 is 11.6 Å². The average molecular weight is 447 g/mol. The van der Waals surface area contributed by atoms with Crippen LogP contribution in [0.3, 0.4) is 0 Å². The summed E-state index contributed by atoms with van der Waals surface area (Å²) in [6, 6.07) is 12.3. The smallest absolute Gasteiger partial charge is 0.251 e. The van der Waals surface area contributed by atoms with E-state index in [9.17, 15) is 13.6 Å². The minimum atomic E-state index is -0.948. The number of amides is 1. The Morgan fingerprint density at radius 2 is 1.94 bits per heavy atom. The van der Waals surface area contributed by atoms with Crippen molar-refractivity contribution >= 4 is 11.5 Å². The number of allylic oxidation sites excluding steroid dienone is 2. The number of hydrogen-bond donors (Lipinski definition) is 1. The van der Waals surface area contributed by atoms with Crippen LogP contribution in [0.1, 0.15) is 27.2 Å². The van der Waals surface area contributed by atoms with Gasteiger partial charge in [-0.25, -0.2) is 8.78 Å². The molecule has 1 aliphatic heterocycles. The summed E-state index contributed by atoms with van der Waals surface area (Å²) < 4.78 is 32.5. The molecule has 1 amide bonds. The number of rotatable bonds is 6. The molecule has 2 heterocycles. The lowest BCUT2D eigenvalue weighted by Gasteiger charge is -2.17. The van der Waals surface area contributed by atoms with E-state index in [0.29, 0.717) is 22.6 Å². The molecule has 0 radical (unpaired) electrons. The molecule has 0 unspecified atom stereocenters. The highest BCUT2D eigenvalue weighted by Gasteiger charge is 2.11. The molecule has 4 rings (SSSR count). The number of aromatic nitrogens is 1. The number of carbonyl (C=O) groups excluding carboxylic acids is 1. The third kappa shape index (κ3) is 5.63. The number of nitrogens with zero attached hydrogens (tertiary/aromatic N) is 2. The van der Waals surface area contributed by atoms with Gasteiger partial charge in [0.1, 0.15) is 11.5 Å². The van der Waals surface area contributed by atoms with E-state index in [-0.39, 0.29) is 12.5 Å². The zero-order chi connectivity index (χ0) is 23.4. The highest BCUT2D eigenvalue weighted by molar-refractivity contribution is 5.94. The largest absolute Gasteiger partial charge is 0.457 e. The fraction of sp³-hybridized carbons (Fsp3) is 0.154. The molecular weight excluding hydrogens is 424 g/mol. The SMILES string of the molecule is Cc1cc(Oc2ccnc(C3=CN(C)CC=C3)c2)cc(C(=O)NCc2ccc(F)c(F)c2)c1. The maximum absolute atomic E-state index is 13.4. The van der Waals surface area contributed by atoms with Crippen molar-refractivity contribution in [2.24, 2.45) is 0 Å². The lowest BCUT2D eigenvalue weighted by molar-refractivity contribution is 0.0950. The first-order valence-electron chi connectivity index (χ1n) is 10.4. The molecule has 1 aliphatic rings. The Hall–Kier alpha value is -4.00. The number of likely N-dealkylation sites (N-methyl/N-ethyl adjacent to an activating group) is 1. The molecule has 168 valence electrons. The Kier molecular flexibility index (Phi) is 6.49. The summed E-state index contributed by atoms with van der Waals surface area (Å²) in [5.41, 5.74) is 3.48. The van der Waals surface area contributed by atoms with E-state index in [1.165, 1.54) is 6.07 Å². The van der Waals surface area contributed by atoms with Gasteiger partial charge in [0.15, 0.2) is 11.6 Å². The van der Waals surface area contributed by atoms with Crippen LogP contribution in [0.5, 0.6) is 11.5 Å². The third-order valence-electron chi connectivity index (χ3n) is 5.06. The van der Waals surface area contributed by atoms with Gasteiger partial charge in [-0.2, -0.15) is 0 Å². The van der Waals surface area contributed by atoms with Gasteiger partial charge >= 0.3 is 0 Å². The van der Waals surface area contributed by atoms with E-state index >= 15 is 0 Å². The molecule has 0 aliphatic carbocycles. The summed E-state index contributed by atoms with van der Waals surface area (Å²) in [4.78, 5) is 19.1. The van der Waals surface area contributed by atoms with E-state index in [1.807, 2.05) is 38.4 Å². The Labute approximate surface area is 191 Å². The number of carbonyl (C=O) groups is 1. The first kappa shape index (κ1) is 22.2. The average Bonchev–Trinajstić information content (AvgIpc) is 2.79. The molecule has 1 N–H and O–H groups in total. The minimum absolute atomic E-state index is 0.0744. The van der Waals surface area contributed by atoms with E-state index in [0.717, 1.165) is 35.5 Å². The third-order valence-corrected chi connectivity index (χ3v) is 5.06. The molecule has 3 aromatic rings. The van der Waals surface area contributed by atoms with Crippen LogP contribution in [-0.2, 0) is 6.54 Å². The molecule has 0 spiro atoms. The number of hydrogen-bond acceptors (Lipinski definition) is 4. The molecule has 0 bridgehead atoms. The zero-order valence-corrected chi connectivity index (χ0v) is 18.3. The summed E-state index contributed by atoms with van der Waals surface area (Å²) >= 11 is 0. The summed E-state index contributed by atoms with van der Waals surface area (Å²) in [5, 5.41) is 2.72. The number of nitrogens with one attached hydrogen (secondary N) is 1. The van der Waals surface area contributed by atoms with E-state index in [1.54, 1.807) is 24.4 Å². The molecule has 1 aromatic heterocycles. The lowest BCUT2D eigenvalue weighted by Crippen LogP contribution is -2.23. The lowest BCUT2D eigenvalue weighted by atomic mass is 10.1. The Morgan fingerprint density at radius 1 is 1.09 bits per heavy atom. The molecule has 0 fully saturated rings. The summed E-state index contributed by atoms with van der Waals surface area (Å²) in [5.74, 6) is -1.11. The predicted molar refractivity (Wildman–Crippen MR) is 123 cm³/mol. The Bertz CT molecular complexity index is 1250. The highest BCUT2D eigenvalue weighted by Crippen LogP contribution is 2.27. The second kappa shape index (κ2) is 9.65. The standard InChI is InChI=1S/C26H23F2N3O2/c1-17-10-20(26(32)30-15-18-5-6-23(27)24(28)12-18)13-22(11-17)33-21-7-8-29-25(14-21)19-4-3-9-31(2)16-19/h3-8,10-14,16H,9,15H2,1-2H3,(H,30,32). The fourth-order valence-electron chi connectivity index (χ4n) is 3.47. The van der Waals surface area contributed by atoms with Crippen LogP contribution in [-0.4, -0.2) is 29.4 Å². The van der Waals surface area contributed by atoms with Crippen LogP contribution >= 0.6 is 0 Å². The van der Waals surface area contributed by atoms with Crippen LogP contribution in [0, 0.1) is 18.6 Å². The van der Waals surface area contributed by atoms with E-state index in [4.69, 9.17) is 4.74 Å². The van der Waals surface area contributed by atoms with Crippen LogP contribution in [0.25, 0.3) is 5.57 Å². The molecule has 33 heavy (non-hydrogen) atoms. The van der Waals surface area contributed by atoms with Crippen molar-refractivity contribution in [3.63, 3.8) is 0 Å². The number of pyridine rings is 1. The number of benzene rings is 2. The van der Waals surface area contributed by atoms with Crippen LogP contribution in [0.4, 0.5) is 8.78 Å². The van der Waals surface area contributed by atoms with Gasteiger partial charge in [-0.3, -0.25) is 9.78 Å². The van der Waals surface area contributed by atoms with Gasteiger partial charge < -0.3 is 15.0 Å². The molecule has 2 aromatic carbocycles. The van der Waals surface area contributed by atoms with Crippen LogP contribution in [0.2, 0.25) is 0 Å². The van der Waals surface area contributed by atoms with Gasteiger partial charge in [0.25, 0.3) is 5.91 Å². The van der Waals surface area contributed by atoms with Gasteiger partial charge in [0, 0.05) is 49.7 Å². The number of halogens is 2. The number of ether oxygens (including phenoxy) is 1. The van der Waals surface area contributed by atoms with Gasteiger partial charge in [-0.15, -0.1) is 0 Å². The number of aryl methyl sites for hydroxylation is 1. The normalized spacial score (nSPS) is 13.0. The van der Waals surface area contributed by atoms with Crippen molar-refractivity contribution in [1.82, 2.24) is 15.2 Å². The van der Waals surface area contributed by atoms with Gasteiger partial charge in [-0.1, -0.05) is 18.2 Å². The van der Waals surface area contributed by atoms with Crippen LogP contribution < -0.4 is 10.1 Å². The van der Waals surface area contributed by atoms with Crippen molar-refractivity contribution in [2.75, 3.05) is 13.6 Å². The maximum atomic E-state index is 13.4. The maximum Gasteiger partial charge on any atom is 0.251 e. The van der Waals surface area contributed by atoms with Crippen molar-refractivity contribution in [1.29, 1.82) is 0 Å². The molecule has 0 atom stereocenters. The highest BCUT2D eigenvalue weighted by atomic mass is 19.2. The van der Waals surface area contributed by atoms with Gasteiger partial charge in [0.2, 0.25) is 0 Å². The first-order chi connectivity index (χ1) is 15.9. The van der Waals surface area contributed by atoms with E-state index in [2.05, 4.69) is 21.3 Å². The van der Waals surface area contributed by atoms with Crippen molar-refractivity contribution in [3.05, 3.63) is 107 Å². The topological polar surface area (TPSA) is 54.5 Å². The summed E-state index contributed by atoms with van der Waals surface area (Å²) in [7, 11) is 2.00. The van der Waals surface area contributed by atoms with Crippen molar-refractivity contribution in [2.45, 2.75) is 13.5 Å². The minimum Gasteiger partial charge on any atom is -0.457 e. The summed E-state index contributed by atoms with van der Waals surface area (Å²) in [6.45, 7) is 2.79. The van der Waals surface area contributed by atoms with Gasteiger partial charge in [0.05, 0.1) is 5.69 Å². The monoisotopic (exact) mass is 447 g/mol. The summed E-state index contributed by atoms with van der Waals surface area (Å²) in [6.07, 6.45) is 7.79. The molecule has 0 saturated carbocycles. The van der Waals surface area contributed by atoms with Crippen molar-refractivity contribution in [3.8, 4) is 11.5 Å². The fourth-order valence-corrected chi connectivity index (χ4v) is 3.47. The zero-order valence-electron chi connectivity index (χ0n) is 18.3. The predicted octanol–water partition coefficient (Wildman–Crippen LogP) is 5.23. The first-order valence-corrected chi connectivity index (χ1v) is 10.4. The Balaban J connectivity index is 1.48. The second-order valence-electron chi connectivity index (χ2n) is 7.87. The molecular formula is C26H23F2N3O2. The second-order valence-corrected chi connectivity index (χ2v) is 7.87. The molecule has 5 nitrogen and oxygen atoms in total. The van der Waals surface area contributed by atoms with Crippen LogP contribution in [0.15, 0.2) is 73.1 Å². The Morgan fingerprint density at radius 3 is 2.73 bits per heavy atom. The molecule has 0 saturated heterocycles. The molecule has 7 heteroatoms. The van der Waals surface area contributed by atoms with Gasteiger partial charge in [-0.05, 0) is 54.4 Å². The van der Waals surface area contributed by atoms with Crippen molar-refractivity contribution < 1.29 is 18.3 Å². The quantitative estimate of drug-likeness (QED) is 0.562.